The highest BCUT2D eigenvalue weighted by atomic mass is 32.2. The summed E-state index contributed by atoms with van der Waals surface area (Å²) in [7, 11) is -3.77. The molecule has 0 aliphatic rings. The Bertz CT molecular complexity index is 771. The summed E-state index contributed by atoms with van der Waals surface area (Å²) in [5.41, 5.74) is 0.473. The lowest BCUT2D eigenvalue weighted by molar-refractivity contribution is -0.131. The number of hydrogen-bond acceptors (Lipinski definition) is 4. The Balaban J connectivity index is 2.28. The molecule has 0 aliphatic heterocycles. The Morgan fingerprint density at radius 2 is 2.00 bits per heavy atom. The van der Waals surface area contributed by atoms with E-state index in [4.69, 9.17) is 5.11 Å². The van der Waals surface area contributed by atoms with Gasteiger partial charge in [0, 0.05) is 12.3 Å². The molecule has 0 unspecified atom stereocenters. The lowest BCUT2D eigenvalue weighted by Crippen LogP contribution is -2.13. The number of carbonyl (C=O) groups is 1. The highest BCUT2D eigenvalue weighted by molar-refractivity contribution is 7.92. The summed E-state index contributed by atoms with van der Waals surface area (Å²) in [4.78, 5) is 14.4. The van der Waals surface area contributed by atoms with Crippen LogP contribution in [0.1, 0.15) is 5.56 Å². The van der Waals surface area contributed by atoms with Gasteiger partial charge in [0.2, 0.25) is 0 Å². The van der Waals surface area contributed by atoms with E-state index in [9.17, 15) is 13.2 Å². The highest BCUT2D eigenvalue weighted by Crippen LogP contribution is 2.16. The molecule has 2 aromatic rings. The van der Waals surface area contributed by atoms with Crippen molar-refractivity contribution in [2.45, 2.75) is 4.90 Å². The molecule has 1 heterocycles. The Morgan fingerprint density at radius 3 is 2.67 bits per heavy atom. The van der Waals surface area contributed by atoms with Crippen molar-refractivity contribution < 1.29 is 18.3 Å². The SMILES string of the molecule is O=C(O)C=Cc1cccc(S(=O)(=O)Nc2ccccn2)c1. The fourth-order valence-corrected chi connectivity index (χ4v) is 2.64. The van der Waals surface area contributed by atoms with Gasteiger partial charge in [-0.25, -0.2) is 18.2 Å². The van der Waals surface area contributed by atoms with Crippen LogP contribution in [-0.4, -0.2) is 24.5 Å². The minimum Gasteiger partial charge on any atom is -0.478 e. The summed E-state index contributed by atoms with van der Waals surface area (Å²) in [5, 5.41) is 8.57. The Hall–Kier alpha value is -2.67. The molecule has 0 radical (unpaired) electrons. The van der Waals surface area contributed by atoms with Gasteiger partial charge in [-0.1, -0.05) is 18.2 Å². The molecule has 6 nitrogen and oxygen atoms in total. The van der Waals surface area contributed by atoms with Crippen molar-refractivity contribution in [3.8, 4) is 0 Å². The molecular formula is C14H12N2O4S. The van der Waals surface area contributed by atoms with Gasteiger partial charge in [-0.15, -0.1) is 0 Å². The second-order valence-corrected chi connectivity index (χ2v) is 5.75. The summed E-state index contributed by atoms with van der Waals surface area (Å²) >= 11 is 0. The first kappa shape index (κ1) is 14.7. The maximum Gasteiger partial charge on any atom is 0.328 e. The minimum absolute atomic E-state index is 0.0284. The van der Waals surface area contributed by atoms with E-state index in [1.165, 1.54) is 36.5 Å². The standard InChI is InChI=1S/C14H12N2O4S/c17-14(18)8-7-11-4-3-5-12(10-11)21(19,20)16-13-6-1-2-9-15-13/h1-10H,(H,15,16)(H,17,18). The van der Waals surface area contributed by atoms with Crippen LogP contribution >= 0.6 is 0 Å². The molecule has 1 aromatic carbocycles. The molecule has 1 aromatic heterocycles. The molecule has 0 aliphatic carbocycles. The lowest BCUT2D eigenvalue weighted by atomic mass is 10.2. The third-order valence-corrected chi connectivity index (χ3v) is 3.84. The average molecular weight is 304 g/mol. The van der Waals surface area contributed by atoms with Crippen LogP contribution in [0.4, 0.5) is 5.82 Å². The number of carboxylic acids is 1. The normalized spacial score (nSPS) is 11.4. The molecule has 2 rings (SSSR count). The van der Waals surface area contributed by atoms with Crippen LogP contribution in [0, 0.1) is 0 Å². The molecule has 0 saturated carbocycles. The zero-order valence-electron chi connectivity index (χ0n) is 10.8. The van der Waals surface area contributed by atoms with Gasteiger partial charge in [-0.2, -0.15) is 0 Å². The van der Waals surface area contributed by atoms with Crippen molar-refractivity contribution in [2.24, 2.45) is 0 Å². The molecule has 21 heavy (non-hydrogen) atoms. The predicted octanol–water partition coefficient (Wildman–Crippen LogP) is 1.98. The number of anilines is 1. The Morgan fingerprint density at radius 1 is 1.19 bits per heavy atom. The van der Waals surface area contributed by atoms with Gasteiger partial charge in [0.1, 0.15) is 5.82 Å². The Labute approximate surface area is 121 Å². The average Bonchev–Trinajstić information content (AvgIpc) is 2.46. The second kappa shape index (κ2) is 6.19. The smallest absolute Gasteiger partial charge is 0.328 e. The van der Waals surface area contributed by atoms with Crippen molar-refractivity contribution in [3.63, 3.8) is 0 Å². The quantitative estimate of drug-likeness (QED) is 0.823. The van der Waals surface area contributed by atoms with Gasteiger partial charge >= 0.3 is 5.97 Å². The summed E-state index contributed by atoms with van der Waals surface area (Å²) in [6.45, 7) is 0. The van der Waals surface area contributed by atoms with Gasteiger partial charge in [-0.3, -0.25) is 4.72 Å². The van der Waals surface area contributed by atoms with Gasteiger partial charge in [0.05, 0.1) is 4.90 Å². The number of benzene rings is 1. The van der Waals surface area contributed by atoms with E-state index < -0.39 is 16.0 Å². The number of sulfonamides is 1. The number of nitrogens with one attached hydrogen (secondary N) is 1. The van der Waals surface area contributed by atoms with Crippen molar-refractivity contribution in [3.05, 3.63) is 60.3 Å². The van der Waals surface area contributed by atoms with Crippen molar-refractivity contribution in [1.82, 2.24) is 4.98 Å². The number of carboxylic acid groups (broad SMARTS) is 1. The summed E-state index contributed by atoms with van der Waals surface area (Å²) in [5.74, 6) is -0.890. The number of pyridine rings is 1. The zero-order valence-corrected chi connectivity index (χ0v) is 11.6. The lowest BCUT2D eigenvalue weighted by Gasteiger charge is -2.07. The van der Waals surface area contributed by atoms with Crippen LogP contribution in [0.15, 0.2) is 59.6 Å². The zero-order chi connectivity index (χ0) is 15.3. The van der Waals surface area contributed by atoms with E-state index in [-0.39, 0.29) is 10.7 Å². The summed E-state index contributed by atoms with van der Waals surface area (Å²) < 4.78 is 26.7. The number of rotatable bonds is 5. The molecule has 0 bridgehead atoms. The van der Waals surface area contributed by atoms with Crippen LogP contribution in [0.5, 0.6) is 0 Å². The molecule has 0 fully saturated rings. The number of aromatic nitrogens is 1. The fraction of sp³-hybridized carbons (Fsp3) is 0. The molecule has 108 valence electrons. The van der Waals surface area contributed by atoms with Crippen molar-refractivity contribution in [2.75, 3.05) is 4.72 Å². The monoisotopic (exact) mass is 304 g/mol. The highest BCUT2D eigenvalue weighted by Gasteiger charge is 2.14. The van der Waals surface area contributed by atoms with Gasteiger partial charge in [0.15, 0.2) is 0 Å². The Kier molecular flexibility index (Phi) is 4.34. The largest absolute Gasteiger partial charge is 0.478 e. The summed E-state index contributed by atoms with van der Waals surface area (Å²) in [6, 6.07) is 10.8. The minimum atomic E-state index is -3.77. The third-order valence-electron chi connectivity index (χ3n) is 2.49. The first-order valence-corrected chi connectivity index (χ1v) is 7.41. The van der Waals surface area contributed by atoms with E-state index in [1.807, 2.05) is 0 Å². The molecule has 0 amide bonds. The van der Waals surface area contributed by atoms with Gasteiger partial charge in [0.25, 0.3) is 10.0 Å². The van der Waals surface area contributed by atoms with Crippen LogP contribution in [0.25, 0.3) is 6.08 Å². The van der Waals surface area contributed by atoms with Crippen LogP contribution in [0.3, 0.4) is 0 Å². The molecular weight excluding hydrogens is 292 g/mol. The molecule has 0 spiro atoms. The van der Waals surface area contributed by atoms with E-state index in [0.29, 0.717) is 5.56 Å². The molecule has 7 heteroatoms. The first-order chi connectivity index (χ1) is 9.97. The summed E-state index contributed by atoms with van der Waals surface area (Å²) in [6.07, 6.45) is 3.74. The third kappa shape index (κ3) is 4.15. The molecule has 0 atom stereocenters. The van der Waals surface area contributed by atoms with Crippen molar-refractivity contribution >= 4 is 27.9 Å². The van der Waals surface area contributed by atoms with Gasteiger partial charge in [-0.05, 0) is 35.9 Å². The topological polar surface area (TPSA) is 96.4 Å². The van der Waals surface area contributed by atoms with Crippen LogP contribution in [0.2, 0.25) is 0 Å². The fourth-order valence-electron chi connectivity index (χ4n) is 1.57. The first-order valence-electron chi connectivity index (χ1n) is 5.92. The molecule has 0 saturated heterocycles. The van der Waals surface area contributed by atoms with E-state index >= 15 is 0 Å². The van der Waals surface area contributed by atoms with Crippen molar-refractivity contribution in [1.29, 1.82) is 0 Å². The number of hydrogen-bond donors (Lipinski definition) is 2. The van der Waals surface area contributed by atoms with Crippen LogP contribution < -0.4 is 4.72 Å². The van der Waals surface area contributed by atoms with Gasteiger partial charge < -0.3 is 5.11 Å². The van der Waals surface area contributed by atoms with E-state index in [0.717, 1.165) is 6.08 Å². The predicted molar refractivity (Wildman–Crippen MR) is 78.2 cm³/mol. The van der Waals surface area contributed by atoms with E-state index in [2.05, 4.69) is 9.71 Å². The van der Waals surface area contributed by atoms with E-state index in [1.54, 1.807) is 18.2 Å². The number of aliphatic carboxylic acids is 1. The maximum atomic E-state index is 12.2. The van der Waals surface area contributed by atoms with Crippen LogP contribution in [-0.2, 0) is 14.8 Å². The second-order valence-electron chi connectivity index (χ2n) is 4.06. The molecule has 2 N–H and O–H groups in total. The maximum absolute atomic E-state index is 12.2. The number of nitrogens with zero attached hydrogens (tertiary/aromatic N) is 1.